The number of ketones is 1. The second kappa shape index (κ2) is 10.7. The van der Waals surface area contributed by atoms with Gasteiger partial charge in [0.05, 0.1) is 39.0 Å². The second-order valence-corrected chi connectivity index (χ2v) is 9.06. The monoisotopic (exact) mass is 506 g/mol. The minimum Gasteiger partial charge on any atom is -0.503 e. The molecule has 0 saturated carbocycles. The standard InChI is InChI=1S/C28H30N2O7/c1-34-20-9-7-18(8-10-20)24-23(25(31)22-17-19-5-3-6-21(35-2)27(19)37-22)26(32)28(33)30(24)12-4-11-29-13-15-36-16-14-29/h3,5-10,17,24,32H,4,11-16H2,1-2H3. The van der Waals surface area contributed by atoms with Crippen LogP contribution in [0.2, 0.25) is 0 Å². The SMILES string of the molecule is COc1ccc(C2C(C(=O)c3cc4cccc(OC)c4o3)=C(O)C(=O)N2CCCN2CCOCC2)cc1. The molecule has 2 aliphatic heterocycles. The van der Waals surface area contributed by atoms with E-state index in [4.69, 9.17) is 18.6 Å². The van der Waals surface area contributed by atoms with Crippen molar-refractivity contribution in [3.05, 3.63) is 71.2 Å². The molecule has 194 valence electrons. The van der Waals surface area contributed by atoms with Crippen LogP contribution in [-0.4, -0.2) is 80.2 Å². The fraction of sp³-hybridized carbons (Fsp3) is 0.357. The molecule has 1 amide bonds. The van der Waals surface area contributed by atoms with E-state index in [1.807, 2.05) is 6.07 Å². The van der Waals surface area contributed by atoms with E-state index in [2.05, 4.69) is 4.90 Å². The average molecular weight is 507 g/mol. The van der Waals surface area contributed by atoms with E-state index in [-0.39, 0.29) is 11.3 Å². The van der Waals surface area contributed by atoms with Gasteiger partial charge in [0.15, 0.2) is 22.9 Å². The molecular formula is C28H30N2O7. The number of para-hydroxylation sites is 1. The van der Waals surface area contributed by atoms with Crippen LogP contribution in [0.1, 0.15) is 28.6 Å². The lowest BCUT2D eigenvalue weighted by Gasteiger charge is -2.30. The van der Waals surface area contributed by atoms with Crippen molar-refractivity contribution in [2.24, 2.45) is 0 Å². The van der Waals surface area contributed by atoms with Crippen molar-refractivity contribution in [2.75, 3.05) is 53.6 Å². The van der Waals surface area contributed by atoms with E-state index in [1.165, 1.54) is 7.11 Å². The molecule has 5 rings (SSSR count). The van der Waals surface area contributed by atoms with Crippen LogP contribution in [-0.2, 0) is 9.53 Å². The maximum absolute atomic E-state index is 13.8. The minimum absolute atomic E-state index is 0.000405. The van der Waals surface area contributed by atoms with Crippen LogP contribution in [0.5, 0.6) is 11.5 Å². The molecule has 9 heteroatoms. The first-order chi connectivity index (χ1) is 18.0. The van der Waals surface area contributed by atoms with Gasteiger partial charge in [-0.3, -0.25) is 14.5 Å². The van der Waals surface area contributed by atoms with Gasteiger partial charge in [-0.15, -0.1) is 0 Å². The van der Waals surface area contributed by atoms with E-state index in [0.29, 0.717) is 54.2 Å². The number of amides is 1. The maximum Gasteiger partial charge on any atom is 0.290 e. The van der Waals surface area contributed by atoms with Gasteiger partial charge in [0.1, 0.15) is 5.75 Å². The summed E-state index contributed by atoms with van der Waals surface area (Å²) in [6.07, 6.45) is 0.689. The van der Waals surface area contributed by atoms with Gasteiger partial charge in [-0.25, -0.2) is 0 Å². The molecule has 3 heterocycles. The Hall–Kier alpha value is -3.82. The number of morpholine rings is 1. The molecule has 1 fully saturated rings. The minimum atomic E-state index is -0.759. The number of methoxy groups -OCH3 is 2. The summed E-state index contributed by atoms with van der Waals surface area (Å²) in [5.41, 5.74) is 1.13. The number of benzene rings is 2. The first kappa shape index (κ1) is 24.9. The summed E-state index contributed by atoms with van der Waals surface area (Å²) in [5, 5.41) is 11.7. The predicted molar refractivity (Wildman–Crippen MR) is 136 cm³/mol. The lowest BCUT2D eigenvalue weighted by atomic mass is 9.95. The number of hydrogen-bond acceptors (Lipinski definition) is 8. The van der Waals surface area contributed by atoms with Gasteiger partial charge < -0.3 is 28.6 Å². The van der Waals surface area contributed by atoms with Crippen LogP contribution in [0.25, 0.3) is 11.0 Å². The van der Waals surface area contributed by atoms with Gasteiger partial charge in [-0.05, 0) is 36.2 Å². The Labute approximate surface area is 214 Å². The lowest BCUT2D eigenvalue weighted by Crippen LogP contribution is -2.39. The second-order valence-electron chi connectivity index (χ2n) is 9.06. The first-order valence-corrected chi connectivity index (χ1v) is 12.3. The fourth-order valence-electron chi connectivity index (χ4n) is 4.98. The summed E-state index contributed by atoms with van der Waals surface area (Å²) in [6, 6.07) is 13.4. The van der Waals surface area contributed by atoms with Crippen LogP contribution in [0, 0.1) is 0 Å². The number of rotatable bonds is 9. The predicted octanol–water partition coefficient (Wildman–Crippen LogP) is 3.75. The summed E-state index contributed by atoms with van der Waals surface area (Å²) in [4.78, 5) is 30.9. The zero-order valence-corrected chi connectivity index (χ0v) is 20.9. The quantitative estimate of drug-likeness (QED) is 0.438. The summed E-state index contributed by atoms with van der Waals surface area (Å²) >= 11 is 0. The maximum atomic E-state index is 13.8. The van der Waals surface area contributed by atoms with Gasteiger partial charge >= 0.3 is 0 Å². The Balaban J connectivity index is 1.47. The Kier molecular flexibility index (Phi) is 7.16. The highest BCUT2D eigenvalue weighted by Gasteiger charge is 2.44. The molecule has 1 unspecified atom stereocenters. The van der Waals surface area contributed by atoms with Crippen LogP contribution in [0.15, 0.2) is 64.3 Å². The van der Waals surface area contributed by atoms with Gasteiger partial charge in [-0.1, -0.05) is 24.3 Å². The largest absolute Gasteiger partial charge is 0.503 e. The van der Waals surface area contributed by atoms with Gasteiger partial charge in [0.2, 0.25) is 5.78 Å². The van der Waals surface area contributed by atoms with Gasteiger partial charge in [-0.2, -0.15) is 0 Å². The number of aliphatic hydroxyl groups is 1. The van der Waals surface area contributed by atoms with Gasteiger partial charge in [0, 0.05) is 31.6 Å². The number of ether oxygens (including phenoxy) is 3. The van der Waals surface area contributed by atoms with E-state index in [1.54, 1.807) is 54.5 Å². The Morgan fingerprint density at radius 3 is 2.51 bits per heavy atom. The van der Waals surface area contributed by atoms with E-state index in [0.717, 1.165) is 19.6 Å². The zero-order valence-electron chi connectivity index (χ0n) is 20.9. The molecule has 37 heavy (non-hydrogen) atoms. The number of carbonyl (C=O) groups is 2. The van der Waals surface area contributed by atoms with Crippen molar-refractivity contribution in [3.8, 4) is 11.5 Å². The van der Waals surface area contributed by atoms with Crippen molar-refractivity contribution in [1.82, 2.24) is 9.80 Å². The third-order valence-electron chi connectivity index (χ3n) is 6.91. The average Bonchev–Trinajstić information content (AvgIpc) is 3.48. The van der Waals surface area contributed by atoms with E-state index in [9.17, 15) is 14.7 Å². The van der Waals surface area contributed by atoms with Crippen LogP contribution in [0.3, 0.4) is 0 Å². The number of fused-ring (bicyclic) bond motifs is 1. The molecule has 0 bridgehead atoms. The van der Waals surface area contributed by atoms with Crippen molar-refractivity contribution in [1.29, 1.82) is 0 Å². The van der Waals surface area contributed by atoms with Gasteiger partial charge in [0.25, 0.3) is 5.91 Å². The lowest BCUT2D eigenvalue weighted by molar-refractivity contribution is -0.129. The normalized spacial score (nSPS) is 18.6. The molecule has 0 radical (unpaired) electrons. The van der Waals surface area contributed by atoms with Crippen molar-refractivity contribution >= 4 is 22.7 Å². The highest BCUT2D eigenvalue weighted by atomic mass is 16.5. The molecule has 2 aliphatic rings. The van der Waals surface area contributed by atoms with E-state index >= 15 is 0 Å². The number of aliphatic hydroxyl groups excluding tert-OH is 1. The number of carbonyl (C=O) groups excluding carboxylic acids is 2. The number of nitrogens with zero attached hydrogens (tertiary/aromatic N) is 2. The number of Topliss-reactive ketones (excluding diaryl/α,β-unsaturated/α-hetero) is 1. The molecule has 9 nitrogen and oxygen atoms in total. The highest BCUT2D eigenvalue weighted by molar-refractivity contribution is 6.16. The van der Waals surface area contributed by atoms with Crippen LogP contribution in [0.4, 0.5) is 0 Å². The van der Waals surface area contributed by atoms with Crippen molar-refractivity contribution < 1.29 is 33.3 Å². The molecule has 1 aromatic heterocycles. The summed E-state index contributed by atoms with van der Waals surface area (Å²) in [7, 11) is 3.10. The smallest absolute Gasteiger partial charge is 0.290 e. The molecule has 1 atom stereocenters. The van der Waals surface area contributed by atoms with E-state index < -0.39 is 23.5 Å². The summed E-state index contributed by atoms with van der Waals surface area (Å²) in [5.74, 6) is -0.487. The number of hydrogen-bond donors (Lipinski definition) is 1. The molecule has 2 aromatic carbocycles. The summed E-state index contributed by atoms with van der Waals surface area (Å²) < 4.78 is 21.9. The fourth-order valence-corrected chi connectivity index (χ4v) is 4.98. The number of furan rings is 1. The summed E-state index contributed by atoms with van der Waals surface area (Å²) in [6.45, 7) is 4.25. The van der Waals surface area contributed by atoms with Crippen molar-refractivity contribution in [3.63, 3.8) is 0 Å². The Morgan fingerprint density at radius 1 is 1.05 bits per heavy atom. The molecule has 3 aromatic rings. The highest BCUT2D eigenvalue weighted by Crippen LogP contribution is 2.40. The first-order valence-electron chi connectivity index (χ1n) is 12.3. The Bertz CT molecular complexity index is 1320. The Morgan fingerprint density at radius 2 is 1.81 bits per heavy atom. The zero-order chi connectivity index (χ0) is 25.9. The molecule has 1 saturated heterocycles. The third-order valence-corrected chi connectivity index (χ3v) is 6.91. The third kappa shape index (κ3) is 4.80. The molecule has 0 aliphatic carbocycles. The molecule has 1 N–H and O–H groups in total. The van der Waals surface area contributed by atoms with Crippen LogP contribution >= 0.6 is 0 Å². The molecule has 0 spiro atoms. The van der Waals surface area contributed by atoms with Crippen molar-refractivity contribution in [2.45, 2.75) is 12.5 Å². The topological polar surface area (TPSA) is 102 Å². The molecular weight excluding hydrogens is 476 g/mol. The van der Waals surface area contributed by atoms with Crippen LogP contribution < -0.4 is 9.47 Å².